The van der Waals surface area contributed by atoms with Gasteiger partial charge < -0.3 is 19.1 Å². The SMILES string of the molecule is CN(CC1CO1)c1ccc(CC2=CCC(N(CC3CO3)CC3CO3)C=C2)cc1. The van der Waals surface area contributed by atoms with Gasteiger partial charge in [0.05, 0.1) is 38.1 Å². The Labute approximate surface area is 167 Å². The number of allylic oxidation sites excluding steroid dienone is 2. The molecular formula is C23H30N2O3. The smallest absolute Gasteiger partial charge is 0.0984 e. The Morgan fingerprint density at radius 3 is 2.04 bits per heavy atom. The molecule has 4 aliphatic rings. The van der Waals surface area contributed by atoms with Crippen LogP contribution in [-0.4, -0.2) is 75.8 Å². The minimum absolute atomic E-state index is 0.424. The lowest BCUT2D eigenvalue weighted by atomic mass is 9.96. The summed E-state index contributed by atoms with van der Waals surface area (Å²) in [5.41, 5.74) is 4.03. The molecule has 1 aromatic rings. The molecular weight excluding hydrogens is 352 g/mol. The lowest BCUT2D eigenvalue weighted by molar-refractivity contribution is 0.187. The third kappa shape index (κ3) is 5.03. The van der Waals surface area contributed by atoms with Gasteiger partial charge in [-0.05, 0) is 36.1 Å². The van der Waals surface area contributed by atoms with E-state index in [1.807, 2.05) is 0 Å². The van der Waals surface area contributed by atoms with Crippen molar-refractivity contribution in [2.45, 2.75) is 37.2 Å². The first-order valence-electron chi connectivity index (χ1n) is 10.5. The minimum Gasteiger partial charge on any atom is -0.372 e. The first-order valence-corrected chi connectivity index (χ1v) is 10.5. The van der Waals surface area contributed by atoms with Crippen LogP contribution in [0.15, 0.2) is 48.1 Å². The van der Waals surface area contributed by atoms with Crippen molar-refractivity contribution in [2.75, 3.05) is 51.4 Å². The molecule has 0 bridgehead atoms. The Morgan fingerprint density at radius 2 is 1.50 bits per heavy atom. The van der Waals surface area contributed by atoms with Gasteiger partial charge in [0, 0.05) is 38.4 Å². The zero-order chi connectivity index (χ0) is 18.9. The molecule has 1 aromatic carbocycles. The summed E-state index contributed by atoms with van der Waals surface area (Å²) in [5, 5.41) is 0. The van der Waals surface area contributed by atoms with E-state index in [1.54, 1.807) is 0 Å². The van der Waals surface area contributed by atoms with Crippen molar-refractivity contribution in [2.24, 2.45) is 0 Å². The van der Waals surface area contributed by atoms with Gasteiger partial charge in [0.25, 0.3) is 0 Å². The van der Waals surface area contributed by atoms with E-state index in [1.165, 1.54) is 16.8 Å². The fourth-order valence-corrected chi connectivity index (χ4v) is 3.96. The zero-order valence-corrected chi connectivity index (χ0v) is 16.6. The first-order chi connectivity index (χ1) is 13.7. The molecule has 0 spiro atoms. The largest absolute Gasteiger partial charge is 0.372 e. The fourth-order valence-electron chi connectivity index (χ4n) is 3.96. The molecule has 28 heavy (non-hydrogen) atoms. The zero-order valence-electron chi connectivity index (χ0n) is 16.6. The quantitative estimate of drug-likeness (QED) is 0.582. The normalized spacial score (nSPS) is 30.3. The molecule has 3 fully saturated rings. The Balaban J connectivity index is 1.14. The standard InChI is InChI=1S/C23H30N2O3/c1-24(11-21-14-26-21)19-6-2-17(3-7-19)10-18-4-8-20(9-5-18)25(12-22-15-27-22)13-23-16-28-23/h2-8,20-23H,9-16H2,1H3. The average molecular weight is 383 g/mol. The summed E-state index contributed by atoms with van der Waals surface area (Å²) in [5.74, 6) is 0. The van der Waals surface area contributed by atoms with Crippen molar-refractivity contribution >= 4 is 5.69 Å². The summed E-state index contributed by atoms with van der Waals surface area (Å²) in [7, 11) is 2.13. The molecule has 3 heterocycles. The Kier molecular flexibility index (Phi) is 5.24. The van der Waals surface area contributed by atoms with Crippen LogP contribution >= 0.6 is 0 Å². The molecule has 3 aliphatic heterocycles. The molecule has 5 nitrogen and oxygen atoms in total. The summed E-state index contributed by atoms with van der Waals surface area (Å²) in [6.45, 7) is 5.76. The first kappa shape index (κ1) is 18.4. The van der Waals surface area contributed by atoms with E-state index in [4.69, 9.17) is 14.2 Å². The summed E-state index contributed by atoms with van der Waals surface area (Å²) in [6.07, 6.45) is 10.5. The fraction of sp³-hybridized carbons (Fsp3) is 0.565. The molecule has 5 rings (SSSR count). The van der Waals surface area contributed by atoms with Crippen LogP contribution in [0.5, 0.6) is 0 Å². The Hall–Kier alpha value is -1.66. The predicted octanol–water partition coefficient (Wildman–Crippen LogP) is 2.42. The van der Waals surface area contributed by atoms with Gasteiger partial charge in [-0.15, -0.1) is 0 Å². The van der Waals surface area contributed by atoms with Gasteiger partial charge >= 0.3 is 0 Å². The van der Waals surface area contributed by atoms with Crippen LogP contribution in [0.2, 0.25) is 0 Å². The van der Waals surface area contributed by atoms with Crippen molar-refractivity contribution in [3.8, 4) is 0 Å². The summed E-state index contributed by atoms with van der Waals surface area (Å²) >= 11 is 0. The van der Waals surface area contributed by atoms with Crippen LogP contribution in [-0.2, 0) is 20.6 Å². The highest BCUT2D eigenvalue weighted by molar-refractivity contribution is 5.48. The van der Waals surface area contributed by atoms with E-state index in [-0.39, 0.29) is 0 Å². The maximum atomic E-state index is 5.45. The molecule has 5 heteroatoms. The summed E-state index contributed by atoms with van der Waals surface area (Å²) < 4.78 is 16.2. The second kappa shape index (κ2) is 7.99. The summed E-state index contributed by atoms with van der Waals surface area (Å²) in [6, 6.07) is 9.42. The number of hydrogen-bond acceptors (Lipinski definition) is 5. The molecule has 150 valence electrons. The number of ether oxygens (including phenoxy) is 3. The molecule has 3 saturated heterocycles. The third-order valence-corrected chi connectivity index (χ3v) is 5.97. The molecule has 1 aliphatic carbocycles. The maximum absolute atomic E-state index is 5.45. The molecule has 0 saturated carbocycles. The monoisotopic (exact) mass is 382 g/mol. The number of benzene rings is 1. The van der Waals surface area contributed by atoms with Crippen molar-refractivity contribution in [1.82, 2.24) is 4.90 Å². The third-order valence-electron chi connectivity index (χ3n) is 5.97. The Bertz CT molecular complexity index is 719. The van der Waals surface area contributed by atoms with Crippen molar-refractivity contribution in [1.29, 1.82) is 0 Å². The van der Waals surface area contributed by atoms with Gasteiger partial charge in [-0.2, -0.15) is 0 Å². The maximum Gasteiger partial charge on any atom is 0.0984 e. The number of likely N-dealkylation sites (N-methyl/N-ethyl adjacent to an activating group) is 1. The van der Waals surface area contributed by atoms with E-state index in [0.717, 1.165) is 52.3 Å². The van der Waals surface area contributed by atoms with Crippen LogP contribution in [0, 0.1) is 0 Å². The highest BCUT2D eigenvalue weighted by atomic mass is 16.6. The van der Waals surface area contributed by atoms with Crippen molar-refractivity contribution < 1.29 is 14.2 Å². The predicted molar refractivity (Wildman–Crippen MR) is 110 cm³/mol. The molecule has 0 aromatic heterocycles. The molecule has 0 amide bonds. The van der Waals surface area contributed by atoms with Crippen LogP contribution in [0.1, 0.15) is 12.0 Å². The average Bonchev–Trinajstić information content (AvgIpc) is 3.53. The second-order valence-corrected chi connectivity index (χ2v) is 8.48. The topological polar surface area (TPSA) is 44.1 Å². The lowest BCUT2D eigenvalue weighted by Gasteiger charge is -2.30. The van der Waals surface area contributed by atoms with Gasteiger partial charge in [0.1, 0.15) is 0 Å². The van der Waals surface area contributed by atoms with Crippen LogP contribution in [0.3, 0.4) is 0 Å². The molecule has 4 atom stereocenters. The van der Waals surface area contributed by atoms with E-state index in [9.17, 15) is 0 Å². The van der Waals surface area contributed by atoms with Gasteiger partial charge in [-0.3, -0.25) is 4.90 Å². The van der Waals surface area contributed by atoms with Crippen LogP contribution in [0.25, 0.3) is 0 Å². The van der Waals surface area contributed by atoms with E-state index in [2.05, 4.69) is 59.3 Å². The number of epoxide rings is 3. The van der Waals surface area contributed by atoms with Gasteiger partial charge in [-0.1, -0.05) is 30.4 Å². The second-order valence-electron chi connectivity index (χ2n) is 8.48. The van der Waals surface area contributed by atoms with E-state index >= 15 is 0 Å². The van der Waals surface area contributed by atoms with Gasteiger partial charge in [0.2, 0.25) is 0 Å². The number of nitrogens with zero attached hydrogens (tertiary/aromatic N) is 2. The van der Waals surface area contributed by atoms with Crippen molar-refractivity contribution in [3.05, 3.63) is 53.6 Å². The molecule has 0 radical (unpaired) electrons. The highest BCUT2D eigenvalue weighted by Gasteiger charge is 2.33. The molecule has 4 unspecified atom stereocenters. The van der Waals surface area contributed by atoms with Crippen molar-refractivity contribution in [3.63, 3.8) is 0 Å². The number of hydrogen-bond donors (Lipinski definition) is 0. The van der Waals surface area contributed by atoms with Crippen LogP contribution in [0.4, 0.5) is 5.69 Å². The summed E-state index contributed by atoms with van der Waals surface area (Å²) in [4.78, 5) is 4.81. The van der Waals surface area contributed by atoms with E-state index < -0.39 is 0 Å². The lowest BCUT2D eigenvalue weighted by Crippen LogP contribution is -2.40. The highest BCUT2D eigenvalue weighted by Crippen LogP contribution is 2.25. The number of rotatable bonds is 10. The number of anilines is 1. The minimum atomic E-state index is 0.424. The Morgan fingerprint density at radius 1 is 0.893 bits per heavy atom. The van der Waals surface area contributed by atoms with Gasteiger partial charge in [-0.25, -0.2) is 0 Å². The van der Waals surface area contributed by atoms with Gasteiger partial charge in [0.15, 0.2) is 0 Å². The van der Waals surface area contributed by atoms with Crippen LogP contribution < -0.4 is 4.90 Å². The molecule has 0 N–H and O–H groups in total. The van der Waals surface area contributed by atoms with E-state index in [0.29, 0.717) is 24.4 Å².